The predicted octanol–water partition coefficient (Wildman–Crippen LogP) is 3.75. The minimum absolute atomic E-state index is 0.248. The van der Waals surface area contributed by atoms with Crippen molar-refractivity contribution in [1.29, 1.82) is 0 Å². The number of halogens is 1. The van der Waals surface area contributed by atoms with E-state index in [2.05, 4.69) is 11.5 Å². The average Bonchev–Trinajstić information content (AvgIpc) is 2.98. The fourth-order valence-corrected chi connectivity index (χ4v) is 2.40. The van der Waals surface area contributed by atoms with Crippen molar-refractivity contribution in [2.24, 2.45) is 0 Å². The maximum atomic E-state index is 13.3. The Balaban J connectivity index is 2.01. The topological polar surface area (TPSA) is 36.6 Å². The predicted molar refractivity (Wildman–Crippen MR) is 84.7 cm³/mol. The average molecular weight is 303 g/mol. The second-order valence-corrected chi connectivity index (χ2v) is 5.40. The molecule has 3 nitrogen and oxygen atoms in total. The van der Waals surface area contributed by atoms with Crippen LogP contribution in [0.3, 0.4) is 0 Å². The van der Waals surface area contributed by atoms with E-state index in [0.717, 1.165) is 17.7 Å². The zero-order valence-electron chi connectivity index (χ0n) is 12.6. The Labute approximate surface area is 130 Å². The summed E-state index contributed by atoms with van der Waals surface area (Å²) in [5.74, 6) is 0.579. The van der Waals surface area contributed by atoms with Crippen LogP contribution in [0.15, 0.2) is 59.7 Å². The zero-order chi connectivity index (χ0) is 15.8. The van der Waals surface area contributed by atoms with Gasteiger partial charge in [0.15, 0.2) is 0 Å². The fourth-order valence-electron chi connectivity index (χ4n) is 2.40. The number of hydrogen-bond donors (Lipinski definition) is 1. The quantitative estimate of drug-likeness (QED) is 0.717. The molecular weight excluding hydrogens is 281 g/mol. The lowest BCUT2D eigenvalue weighted by Crippen LogP contribution is -2.31. The minimum Gasteiger partial charge on any atom is -0.468 e. The van der Waals surface area contributed by atoms with Crippen LogP contribution in [-0.4, -0.2) is 22.7 Å². The van der Waals surface area contributed by atoms with Gasteiger partial charge in [-0.2, -0.15) is 0 Å². The first-order valence-electron chi connectivity index (χ1n) is 7.45. The lowest BCUT2D eigenvalue weighted by atomic mass is 10.1. The minimum atomic E-state index is -0.443. The molecule has 0 fully saturated rings. The van der Waals surface area contributed by atoms with Crippen molar-refractivity contribution in [3.63, 3.8) is 0 Å². The number of hydrogen-bond acceptors (Lipinski definition) is 3. The monoisotopic (exact) mass is 303 g/mol. The molecule has 1 aromatic heterocycles. The SMILES string of the molecule is C=CCCC(O)CN(Cc1cccc(F)c1)Cc1ccco1. The summed E-state index contributed by atoms with van der Waals surface area (Å²) >= 11 is 0. The lowest BCUT2D eigenvalue weighted by molar-refractivity contribution is 0.0944. The molecule has 1 aromatic carbocycles. The highest BCUT2D eigenvalue weighted by atomic mass is 19.1. The van der Waals surface area contributed by atoms with E-state index in [-0.39, 0.29) is 5.82 Å². The summed E-state index contributed by atoms with van der Waals surface area (Å²) in [5.41, 5.74) is 0.877. The molecule has 118 valence electrons. The van der Waals surface area contributed by atoms with Crippen LogP contribution in [0.2, 0.25) is 0 Å². The van der Waals surface area contributed by atoms with E-state index in [4.69, 9.17) is 4.42 Å². The van der Waals surface area contributed by atoms with E-state index < -0.39 is 6.10 Å². The van der Waals surface area contributed by atoms with Crippen LogP contribution in [0.1, 0.15) is 24.2 Å². The first-order valence-corrected chi connectivity index (χ1v) is 7.45. The number of aliphatic hydroxyl groups is 1. The molecule has 2 rings (SSSR count). The van der Waals surface area contributed by atoms with Gasteiger partial charge in [0.2, 0.25) is 0 Å². The van der Waals surface area contributed by atoms with Gasteiger partial charge in [0.25, 0.3) is 0 Å². The van der Waals surface area contributed by atoms with E-state index >= 15 is 0 Å². The summed E-state index contributed by atoms with van der Waals surface area (Å²) in [6.45, 7) is 5.31. The van der Waals surface area contributed by atoms with Gasteiger partial charge in [0.1, 0.15) is 11.6 Å². The Morgan fingerprint density at radius 1 is 1.27 bits per heavy atom. The van der Waals surface area contributed by atoms with Crippen LogP contribution in [0.5, 0.6) is 0 Å². The molecule has 1 heterocycles. The van der Waals surface area contributed by atoms with Gasteiger partial charge < -0.3 is 9.52 Å². The standard InChI is InChI=1S/C18H22FNO2/c1-2-3-8-17(21)13-20(14-18-9-5-10-22-18)12-15-6-4-7-16(19)11-15/h2,4-7,9-11,17,21H,1,3,8,12-14H2. The van der Waals surface area contributed by atoms with Crippen molar-refractivity contribution >= 4 is 0 Å². The summed E-state index contributed by atoms with van der Waals surface area (Å²) in [7, 11) is 0. The fraction of sp³-hybridized carbons (Fsp3) is 0.333. The number of rotatable bonds is 9. The van der Waals surface area contributed by atoms with E-state index in [9.17, 15) is 9.50 Å². The molecule has 0 saturated heterocycles. The number of benzene rings is 1. The van der Waals surface area contributed by atoms with E-state index in [1.54, 1.807) is 18.4 Å². The molecule has 0 spiro atoms. The van der Waals surface area contributed by atoms with Gasteiger partial charge in [-0.15, -0.1) is 6.58 Å². The third-order valence-corrected chi connectivity index (χ3v) is 3.43. The third-order valence-electron chi connectivity index (χ3n) is 3.43. The van der Waals surface area contributed by atoms with Crippen molar-refractivity contribution in [3.05, 3.63) is 72.5 Å². The first kappa shape index (κ1) is 16.5. The van der Waals surface area contributed by atoms with Crippen molar-refractivity contribution in [3.8, 4) is 0 Å². The third kappa shape index (κ3) is 5.47. The summed E-state index contributed by atoms with van der Waals surface area (Å²) < 4.78 is 18.7. The van der Waals surface area contributed by atoms with E-state index in [0.29, 0.717) is 26.1 Å². The normalized spacial score (nSPS) is 12.5. The maximum absolute atomic E-state index is 13.3. The van der Waals surface area contributed by atoms with Crippen LogP contribution in [0, 0.1) is 5.82 Å². The Bertz CT molecular complexity index is 568. The molecule has 0 amide bonds. The van der Waals surface area contributed by atoms with E-state index in [1.807, 2.05) is 18.2 Å². The molecule has 4 heteroatoms. The molecule has 22 heavy (non-hydrogen) atoms. The van der Waals surface area contributed by atoms with Gasteiger partial charge in [-0.05, 0) is 42.7 Å². The van der Waals surface area contributed by atoms with Crippen LogP contribution in [0.25, 0.3) is 0 Å². The summed E-state index contributed by atoms with van der Waals surface area (Å²) in [6, 6.07) is 10.3. The lowest BCUT2D eigenvalue weighted by Gasteiger charge is -2.24. The summed E-state index contributed by atoms with van der Waals surface area (Å²) in [5, 5.41) is 10.1. The Kier molecular flexibility index (Phi) is 6.37. The van der Waals surface area contributed by atoms with Gasteiger partial charge in [0, 0.05) is 13.1 Å². The van der Waals surface area contributed by atoms with Crippen molar-refractivity contribution < 1.29 is 13.9 Å². The molecule has 0 saturated carbocycles. The molecule has 0 bridgehead atoms. The number of aliphatic hydroxyl groups excluding tert-OH is 1. The zero-order valence-corrected chi connectivity index (χ0v) is 12.6. The Hall–Kier alpha value is -1.91. The molecule has 1 unspecified atom stereocenters. The number of nitrogens with zero attached hydrogens (tertiary/aromatic N) is 1. The van der Waals surface area contributed by atoms with Gasteiger partial charge in [0.05, 0.1) is 18.9 Å². The highest BCUT2D eigenvalue weighted by molar-refractivity contribution is 5.16. The van der Waals surface area contributed by atoms with Crippen LogP contribution in [0.4, 0.5) is 4.39 Å². The highest BCUT2D eigenvalue weighted by Gasteiger charge is 2.14. The Morgan fingerprint density at radius 2 is 2.14 bits per heavy atom. The summed E-state index contributed by atoms with van der Waals surface area (Å²) in [6.07, 6.45) is 4.43. The molecule has 1 N–H and O–H groups in total. The highest BCUT2D eigenvalue weighted by Crippen LogP contribution is 2.13. The molecule has 2 aromatic rings. The van der Waals surface area contributed by atoms with Gasteiger partial charge in [-0.3, -0.25) is 4.90 Å². The molecule has 0 aliphatic carbocycles. The smallest absolute Gasteiger partial charge is 0.123 e. The van der Waals surface area contributed by atoms with Gasteiger partial charge in [-0.1, -0.05) is 18.2 Å². The van der Waals surface area contributed by atoms with Crippen molar-refractivity contribution in [2.75, 3.05) is 6.54 Å². The van der Waals surface area contributed by atoms with Gasteiger partial charge >= 0.3 is 0 Å². The molecule has 0 aliphatic heterocycles. The molecule has 0 aliphatic rings. The Morgan fingerprint density at radius 3 is 2.82 bits per heavy atom. The second kappa shape index (κ2) is 8.51. The van der Waals surface area contributed by atoms with E-state index in [1.165, 1.54) is 12.1 Å². The molecule has 1 atom stereocenters. The molecular formula is C18H22FNO2. The largest absolute Gasteiger partial charge is 0.468 e. The van der Waals surface area contributed by atoms with Crippen molar-refractivity contribution in [1.82, 2.24) is 4.90 Å². The summed E-state index contributed by atoms with van der Waals surface area (Å²) in [4.78, 5) is 2.06. The number of allylic oxidation sites excluding steroid dienone is 1. The first-order chi connectivity index (χ1) is 10.7. The van der Waals surface area contributed by atoms with Crippen LogP contribution < -0.4 is 0 Å². The van der Waals surface area contributed by atoms with Crippen molar-refractivity contribution in [2.45, 2.75) is 32.0 Å². The second-order valence-electron chi connectivity index (χ2n) is 5.40. The van der Waals surface area contributed by atoms with Crippen LogP contribution >= 0.6 is 0 Å². The number of furan rings is 1. The van der Waals surface area contributed by atoms with Crippen LogP contribution in [-0.2, 0) is 13.1 Å². The molecule has 0 radical (unpaired) electrons. The van der Waals surface area contributed by atoms with Gasteiger partial charge in [-0.25, -0.2) is 4.39 Å². The maximum Gasteiger partial charge on any atom is 0.123 e.